The van der Waals surface area contributed by atoms with Crippen LogP contribution in [0.25, 0.3) is 0 Å². The van der Waals surface area contributed by atoms with Crippen LogP contribution >= 0.6 is 0 Å². The van der Waals surface area contributed by atoms with Crippen LogP contribution in [0.2, 0.25) is 0 Å². The molecule has 0 aliphatic heterocycles. The summed E-state index contributed by atoms with van der Waals surface area (Å²) in [4.78, 5) is 11.2. The molecular formula is C14H14F12O3. The summed E-state index contributed by atoms with van der Waals surface area (Å²) in [6.07, 6.45) is -11.6. The van der Waals surface area contributed by atoms with Crippen LogP contribution in [0.15, 0.2) is 12.2 Å². The zero-order valence-electron chi connectivity index (χ0n) is 14.3. The third-order valence-electron chi connectivity index (χ3n) is 3.55. The maximum atomic E-state index is 13.6. The summed E-state index contributed by atoms with van der Waals surface area (Å²) in [5.74, 6) is -37.0. The Kier molecular flexibility index (Phi) is 8.10. The van der Waals surface area contributed by atoms with E-state index in [9.17, 15) is 57.5 Å². The van der Waals surface area contributed by atoms with Crippen molar-refractivity contribution in [1.82, 2.24) is 0 Å². The van der Waals surface area contributed by atoms with Gasteiger partial charge in [0.2, 0.25) is 0 Å². The fourth-order valence-electron chi connectivity index (χ4n) is 1.71. The number of hydrogen-bond donors (Lipinski definition) is 1. The molecule has 29 heavy (non-hydrogen) atoms. The van der Waals surface area contributed by atoms with Gasteiger partial charge in [-0.25, -0.2) is 13.6 Å². The number of ether oxygens (including phenoxy) is 1. The number of aliphatic hydroxyl groups is 1. The van der Waals surface area contributed by atoms with Gasteiger partial charge >= 0.3 is 42.0 Å². The average molecular weight is 458 g/mol. The Bertz CT molecular complexity index is 603. The molecule has 1 atom stereocenters. The minimum absolute atomic E-state index is 0.346. The predicted molar refractivity (Wildman–Crippen MR) is 71.8 cm³/mol. The van der Waals surface area contributed by atoms with Gasteiger partial charge in [-0.3, -0.25) is 0 Å². The fraction of sp³-hybridized carbons (Fsp3) is 0.786. The van der Waals surface area contributed by atoms with Gasteiger partial charge in [0.05, 0.1) is 6.61 Å². The Hall–Kier alpha value is -1.67. The molecule has 0 saturated carbocycles. The summed E-state index contributed by atoms with van der Waals surface area (Å²) >= 11 is 0. The van der Waals surface area contributed by atoms with E-state index in [0.717, 1.165) is 6.92 Å². The summed E-state index contributed by atoms with van der Waals surface area (Å²) in [6.45, 7) is 2.80. The smallest absolute Gasteiger partial charge is 0.384 e. The number of carbonyl (C=O) groups is 1. The minimum Gasteiger partial charge on any atom is -0.457 e. The van der Waals surface area contributed by atoms with Crippen LogP contribution in [0, 0.1) is 0 Å². The van der Waals surface area contributed by atoms with Crippen LogP contribution in [0.4, 0.5) is 52.7 Å². The molecule has 0 aromatic carbocycles. The molecule has 1 N–H and O–H groups in total. The van der Waals surface area contributed by atoms with Gasteiger partial charge in [0.1, 0.15) is 6.10 Å². The van der Waals surface area contributed by atoms with Crippen molar-refractivity contribution in [3.05, 3.63) is 12.2 Å². The van der Waals surface area contributed by atoms with Crippen molar-refractivity contribution in [2.75, 3.05) is 6.61 Å². The fourth-order valence-corrected chi connectivity index (χ4v) is 1.71. The van der Waals surface area contributed by atoms with E-state index >= 15 is 0 Å². The molecule has 15 heteroatoms. The Morgan fingerprint density at radius 2 is 1.38 bits per heavy atom. The molecule has 0 aliphatic rings. The maximum absolute atomic E-state index is 13.6. The van der Waals surface area contributed by atoms with Gasteiger partial charge in [0, 0.05) is 12.0 Å². The second kappa shape index (κ2) is 8.60. The molecule has 0 aliphatic carbocycles. The normalized spacial score (nSPS) is 15.4. The van der Waals surface area contributed by atoms with Gasteiger partial charge in [-0.15, -0.1) is 0 Å². The number of carbonyl (C=O) groups excluding carboxylic acids is 1. The lowest BCUT2D eigenvalue weighted by Gasteiger charge is -2.39. The Morgan fingerprint density at radius 1 is 0.931 bits per heavy atom. The van der Waals surface area contributed by atoms with Gasteiger partial charge in [0.15, 0.2) is 0 Å². The highest BCUT2D eigenvalue weighted by molar-refractivity contribution is 5.87. The molecule has 0 spiro atoms. The first kappa shape index (κ1) is 27.3. The van der Waals surface area contributed by atoms with E-state index in [4.69, 9.17) is 5.11 Å². The number of alkyl halides is 12. The van der Waals surface area contributed by atoms with Crippen molar-refractivity contribution in [2.24, 2.45) is 0 Å². The van der Waals surface area contributed by atoms with E-state index in [1.54, 1.807) is 0 Å². The molecule has 0 rings (SSSR count). The first-order chi connectivity index (χ1) is 12.7. The zero-order chi connectivity index (χ0) is 23.6. The monoisotopic (exact) mass is 458 g/mol. The van der Waals surface area contributed by atoms with Gasteiger partial charge in [-0.2, -0.15) is 43.9 Å². The van der Waals surface area contributed by atoms with Crippen molar-refractivity contribution in [1.29, 1.82) is 0 Å². The lowest BCUT2D eigenvalue weighted by molar-refractivity contribution is -0.413. The highest BCUT2D eigenvalue weighted by Gasteiger charge is 2.87. The van der Waals surface area contributed by atoms with Crippen LogP contribution in [-0.2, 0) is 9.53 Å². The second-order valence-corrected chi connectivity index (χ2v) is 5.88. The Labute approximate surface area is 155 Å². The summed E-state index contributed by atoms with van der Waals surface area (Å²) < 4.78 is 160. The highest BCUT2D eigenvalue weighted by atomic mass is 19.4. The highest BCUT2D eigenvalue weighted by Crippen LogP contribution is 2.58. The molecule has 0 heterocycles. The quantitative estimate of drug-likeness (QED) is 0.278. The largest absolute Gasteiger partial charge is 0.457 e. The van der Waals surface area contributed by atoms with E-state index in [-0.39, 0.29) is 5.57 Å². The van der Waals surface area contributed by atoms with Crippen molar-refractivity contribution in [3.63, 3.8) is 0 Å². The van der Waals surface area contributed by atoms with Gasteiger partial charge in [-0.1, -0.05) is 6.58 Å². The molecule has 172 valence electrons. The summed E-state index contributed by atoms with van der Waals surface area (Å²) in [5, 5.41) is 8.82. The van der Waals surface area contributed by atoms with E-state index in [1.807, 2.05) is 0 Å². The maximum Gasteiger partial charge on any atom is 0.384 e. The van der Waals surface area contributed by atoms with Crippen LogP contribution in [0.5, 0.6) is 0 Å². The SMILES string of the molecule is C=C(C)C(=O)OC(CO)CCC(F)(F)C(F)(F)C(F)(F)C(F)(F)C(F)(F)C(F)F. The first-order valence-electron chi connectivity index (χ1n) is 7.35. The van der Waals surface area contributed by atoms with Gasteiger partial charge in [-0.05, 0) is 13.3 Å². The predicted octanol–water partition coefficient (Wildman–Crippen LogP) is 4.69. The number of esters is 1. The molecular weight excluding hydrogens is 444 g/mol. The number of halogens is 12. The summed E-state index contributed by atoms with van der Waals surface area (Å²) in [6, 6.07) is 0. The topological polar surface area (TPSA) is 46.5 Å². The van der Waals surface area contributed by atoms with E-state index in [0.29, 0.717) is 0 Å². The van der Waals surface area contributed by atoms with Gasteiger partial charge in [0.25, 0.3) is 0 Å². The second-order valence-electron chi connectivity index (χ2n) is 5.88. The molecule has 0 fully saturated rings. The van der Waals surface area contributed by atoms with Crippen LogP contribution in [-0.4, -0.2) is 59.8 Å². The van der Waals surface area contributed by atoms with Crippen molar-refractivity contribution in [2.45, 2.75) is 61.9 Å². The molecule has 3 nitrogen and oxygen atoms in total. The van der Waals surface area contributed by atoms with Crippen molar-refractivity contribution in [3.8, 4) is 0 Å². The average Bonchev–Trinajstić information content (AvgIpc) is 2.57. The van der Waals surface area contributed by atoms with Crippen LogP contribution in [0.3, 0.4) is 0 Å². The Morgan fingerprint density at radius 3 is 1.72 bits per heavy atom. The Balaban J connectivity index is 5.73. The third kappa shape index (κ3) is 4.91. The molecule has 0 radical (unpaired) electrons. The van der Waals surface area contributed by atoms with E-state index < -0.39 is 67.6 Å². The lowest BCUT2D eigenvalue weighted by atomic mass is 9.92. The molecule has 0 aromatic heterocycles. The zero-order valence-corrected chi connectivity index (χ0v) is 14.3. The molecule has 1 unspecified atom stereocenters. The molecule has 0 amide bonds. The molecule has 0 aromatic rings. The molecule has 0 bridgehead atoms. The first-order valence-corrected chi connectivity index (χ1v) is 7.35. The number of rotatable bonds is 11. The number of aliphatic hydroxyl groups excluding tert-OH is 1. The van der Waals surface area contributed by atoms with Gasteiger partial charge < -0.3 is 9.84 Å². The standard InChI is InChI=1S/C14H14F12O3/c1-6(2)8(28)29-7(5-27)3-4-10(17,18)12(21,22)14(25,26)13(23,24)11(19,20)9(15)16/h7,9,27H,1,3-5H2,2H3. The number of hydrogen-bond acceptors (Lipinski definition) is 3. The third-order valence-corrected chi connectivity index (χ3v) is 3.55. The molecule has 0 saturated heterocycles. The summed E-state index contributed by atoms with van der Waals surface area (Å²) in [5.41, 5.74) is -0.346. The summed E-state index contributed by atoms with van der Waals surface area (Å²) in [7, 11) is 0. The van der Waals surface area contributed by atoms with Crippen LogP contribution in [0.1, 0.15) is 19.8 Å². The van der Waals surface area contributed by atoms with E-state index in [1.165, 1.54) is 0 Å². The van der Waals surface area contributed by atoms with Crippen molar-refractivity contribution < 1.29 is 67.3 Å². The van der Waals surface area contributed by atoms with Crippen LogP contribution < -0.4 is 0 Å². The van der Waals surface area contributed by atoms with E-state index in [2.05, 4.69) is 11.3 Å². The lowest BCUT2D eigenvalue weighted by Crippen LogP contribution is -2.68. The van der Waals surface area contributed by atoms with Crippen molar-refractivity contribution >= 4 is 5.97 Å². The minimum atomic E-state index is -7.62.